The number of rotatable bonds is 4. The van der Waals surface area contributed by atoms with Crippen molar-refractivity contribution in [1.29, 1.82) is 0 Å². The zero-order chi connectivity index (χ0) is 29.7. The Balaban J connectivity index is 1.26. The molecule has 0 aliphatic carbocycles. The van der Waals surface area contributed by atoms with Crippen LogP contribution in [0.15, 0.2) is 152 Å². The van der Waals surface area contributed by atoms with Crippen LogP contribution in [0.1, 0.15) is 0 Å². The van der Waals surface area contributed by atoms with Crippen LogP contribution < -0.4 is 0 Å². The van der Waals surface area contributed by atoms with E-state index in [-0.39, 0.29) is 0 Å². The Bertz CT molecular complexity index is 2540. The van der Waals surface area contributed by atoms with E-state index in [1.165, 1.54) is 47.5 Å². The van der Waals surface area contributed by atoms with Gasteiger partial charge in [-0.1, -0.05) is 140 Å². The fourth-order valence-corrected chi connectivity index (χ4v) is 7.55. The van der Waals surface area contributed by atoms with Crippen LogP contribution in [0.3, 0.4) is 0 Å². The van der Waals surface area contributed by atoms with E-state index in [1.54, 1.807) is 11.3 Å². The highest BCUT2D eigenvalue weighted by Crippen LogP contribution is 2.39. The first kappa shape index (κ1) is 25.8. The molecular weight excluding hydrogens is 567 g/mol. The van der Waals surface area contributed by atoms with E-state index in [4.69, 9.17) is 15.0 Å². The van der Waals surface area contributed by atoms with Gasteiger partial charge in [0.05, 0.1) is 0 Å². The van der Waals surface area contributed by atoms with Gasteiger partial charge in [0.25, 0.3) is 0 Å². The summed E-state index contributed by atoms with van der Waals surface area (Å²) in [6.07, 6.45) is 0. The summed E-state index contributed by atoms with van der Waals surface area (Å²) in [6, 6.07) is 53.3. The van der Waals surface area contributed by atoms with Gasteiger partial charge < -0.3 is 0 Å². The monoisotopic (exact) mass is 591 g/mol. The number of fused-ring (bicyclic) bond motifs is 5. The lowest BCUT2D eigenvalue weighted by Crippen LogP contribution is -2.00. The Morgan fingerprint density at radius 2 is 0.889 bits per heavy atom. The molecule has 0 saturated heterocycles. The minimum atomic E-state index is 0.661. The molecule has 0 atom stereocenters. The van der Waals surface area contributed by atoms with Crippen LogP contribution in [0.25, 0.3) is 87.0 Å². The summed E-state index contributed by atoms with van der Waals surface area (Å²) < 4.78 is 2.51. The van der Waals surface area contributed by atoms with Crippen LogP contribution in [0.2, 0.25) is 0 Å². The Morgan fingerprint density at radius 1 is 0.333 bits per heavy atom. The van der Waals surface area contributed by atoms with Crippen LogP contribution in [0.5, 0.6) is 0 Å². The number of aromatic nitrogens is 3. The normalized spacial score (nSPS) is 11.6. The van der Waals surface area contributed by atoms with Crippen molar-refractivity contribution < 1.29 is 0 Å². The molecule has 0 spiro atoms. The first-order valence-corrected chi connectivity index (χ1v) is 15.9. The molecule has 7 aromatic carbocycles. The minimum absolute atomic E-state index is 0.661. The molecular formula is C41H25N3S. The molecule has 0 radical (unpaired) electrons. The average Bonchev–Trinajstić information content (AvgIpc) is 3.49. The minimum Gasteiger partial charge on any atom is -0.208 e. The quantitative estimate of drug-likeness (QED) is 0.204. The lowest BCUT2D eigenvalue weighted by molar-refractivity contribution is 1.08. The molecule has 45 heavy (non-hydrogen) atoms. The van der Waals surface area contributed by atoms with Crippen molar-refractivity contribution in [2.75, 3.05) is 0 Å². The third kappa shape index (κ3) is 4.38. The summed E-state index contributed by atoms with van der Waals surface area (Å²) in [7, 11) is 0. The number of hydrogen-bond donors (Lipinski definition) is 0. The zero-order valence-electron chi connectivity index (χ0n) is 24.2. The second-order valence-corrected chi connectivity index (χ2v) is 12.3. The summed E-state index contributed by atoms with van der Waals surface area (Å²) in [5.74, 6) is 1.99. The van der Waals surface area contributed by atoms with Crippen LogP contribution in [0.4, 0.5) is 0 Å². The lowest BCUT2D eigenvalue weighted by Gasteiger charge is -2.13. The highest BCUT2D eigenvalue weighted by Gasteiger charge is 2.17. The van der Waals surface area contributed by atoms with Gasteiger partial charge in [0.2, 0.25) is 0 Å². The van der Waals surface area contributed by atoms with Crippen LogP contribution in [-0.4, -0.2) is 15.0 Å². The van der Waals surface area contributed by atoms with Crippen molar-refractivity contribution >= 4 is 53.1 Å². The topological polar surface area (TPSA) is 38.7 Å². The Hall–Kier alpha value is -5.71. The lowest BCUT2D eigenvalue weighted by atomic mass is 9.92. The van der Waals surface area contributed by atoms with E-state index in [1.807, 2.05) is 18.2 Å². The summed E-state index contributed by atoms with van der Waals surface area (Å²) in [5, 5.41) is 7.28. The third-order valence-electron chi connectivity index (χ3n) is 8.55. The fourth-order valence-electron chi connectivity index (χ4n) is 6.41. The fraction of sp³-hybridized carbons (Fsp3) is 0. The SMILES string of the molecule is c1ccc(-c2nc(-c3ccc4c(c3)sc3ccccc34)nc(-c3cccc4c(-c5cccc6ccccc56)cccc34)n2)cc1. The summed E-state index contributed by atoms with van der Waals surface area (Å²) >= 11 is 1.80. The molecule has 210 valence electrons. The van der Waals surface area contributed by atoms with Crippen LogP contribution in [-0.2, 0) is 0 Å². The van der Waals surface area contributed by atoms with E-state index in [0.29, 0.717) is 17.5 Å². The van der Waals surface area contributed by atoms with Gasteiger partial charge in [-0.15, -0.1) is 11.3 Å². The molecule has 2 aromatic heterocycles. The van der Waals surface area contributed by atoms with Gasteiger partial charge in [0, 0.05) is 36.9 Å². The molecule has 0 aliphatic heterocycles. The second kappa shape index (κ2) is 10.5. The maximum atomic E-state index is 5.15. The first-order chi connectivity index (χ1) is 22.3. The molecule has 0 bridgehead atoms. The highest BCUT2D eigenvalue weighted by atomic mass is 32.1. The van der Waals surface area contributed by atoms with Crippen molar-refractivity contribution in [1.82, 2.24) is 15.0 Å². The zero-order valence-corrected chi connectivity index (χ0v) is 25.0. The van der Waals surface area contributed by atoms with Crippen molar-refractivity contribution in [3.63, 3.8) is 0 Å². The second-order valence-electron chi connectivity index (χ2n) is 11.2. The Kier molecular flexibility index (Phi) is 6.00. The molecule has 2 heterocycles. The van der Waals surface area contributed by atoms with Crippen LogP contribution >= 0.6 is 11.3 Å². The molecule has 3 nitrogen and oxygen atoms in total. The van der Waals surface area contributed by atoms with E-state index >= 15 is 0 Å². The molecule has 4 heteroatoms. The van der Waals surface area contributed by atoms with Gasteiger partial charge in [-0.3, -0.25) is 0 Å². The van der Waals surface area contributed by atoms with Gasteiger partial charge in [-0.2, -0.15) is 0 Å². The number of thiophene rings is 1. The maximum absolute atomic E-state index is 5.15. The molecule has 0 amide bonds. The Labute approximate surface area is 264 Å². The number of benzene rings is 7. The van der Waals surface area contributed by atoms with Gasteiger partial charge in [-0.05, 0) is 44.8 Å². The maximum Gasteiger partial charge on any atom is 0.164 e. The average molecular weight is 592 g/mol. The molecule has 0 aliphatic rings. The Morgan fingerprint density at radius 3 is 1.73 bits per heavy atom. The molecule has 9 aromatic rings. The van der Waals surface area contributed by atoms with Crippen molar-refractivity contribution in [2.45, 2.75) is 0 Å². The van der Waals surface area contributed by atoms with Gasteiger partial charge in [0.15, 0.2) is 17.5 Å². The molecule has 0 fully saturated rings. The summed E-state index contributed by atoms with van der Waals surface area (Å²) in [6.45, 7) is 0. The predicted molar refractivity (Wildman–Crippen MR) is 189 cm³/mol. The first-order valence-electron chi connectivity index (χ1n) is 15.0. The number of hydrogen-bond acceptors (Lipinski definition) is 4. The van der Waals surface area contributed by atoms with Crippen molar-refractivity contribution in [3.05, 3.63) is 152 Å². The van der Waals surface area contributed by atoms with E-state index in [9.17, 15) is 0 Å². The van der Waals surface area contributed by atoms with Crippen molar-refractivity contribution in [2.24, 2.45) is 0 Å². The molecule has 0 unspecified atom stereocenters. The summed E-state index contributed by atoms with van der Waals surface area (Å²) in [5.41, 5.74) is 5.33. The van der Waals surface area contributed by atoms with E-state index < -0.39 is 0 Å². The highest BCUT2D eigenvalue weighted by molar-refractivity contribution is 7.25. The van der Waals surface area contributed by atoms with Gasteiger partial charge in [0.1, 0.15) is 0 Å². The van der Waals surface area contributed by atoms with E-state index in [0.717, 1.165) is 22.1 Å². The molecule has 0 N–H and O–H groups in total. The van der Waals surface area contributed by atoms with Gasteiger partial charge >= 0.3 is 0 Å². The smallest absolute Gasteiger partial charge is 0.164 e. The predicted octanol–water partition coefficient (Wildman–Crippen LogP) is 11.2. The number of nitrogens with zero attached hydrogens (tertiary/aromatic N) is 3. The molecule has 0 saturated carbocycles. The van der Waals surface area contributed by atoms with Gasteiger partial charge in [-0.25, -0.2) is 15.0 Å². The standard InChI is InChI=1S/C41H25N3S/c1-2-12-27(13-3-1)39-42-40(28-23-24-35-34-16-6-7-22-37(34)45-38(35)25-28)44-41(43-39)36-21-10-19-32-31(18-9-20-33(32)36)30-17-8-14-26-11-4-5-15-29(26)30/h1-25H. The molecule has 9 rings (SSSR count). The van der Waals surface area contributed by atoms with Crippen LogP contribution in [0, 0.1) is 0 Å². The van der Waals surface area contributed by atoms with Crippen molar-refractivity contribution in [3.8, 4) is 45.3 Å². The largest absolute Gasteiger partial charge is 0.208 e. The van der Waals surface area contributed by atoms with E-state index in [2.05, 4.69) is 133 Å². The summed E-state index contributed by atoms with van der Waals surface area (Å²) in [4.78, 5) is 15.2. The third-order valence-corrected chi connectivity index (χ3v) is 9.68.